The smallest absolute Gasteiger partial charge is 0.341 e. The third-order valence-electron chi connectivity index (χ3n) is 14.4. The van der Waals surface area contributed by atoms with Crippen LogP contribution in [0, 0.1) is 19.8 Å². The maximum Gasteiger partial charge on any atom is 0.341 e. The van der Waals surface area contributed by atoms with Crippen molar-refractivity contribution >= 4 is 51.0 Å². The number of aryl methyl sites for hydroxylation is 2. The lowest BCUT2D eigenvalue weighted by Crippen LogP contribution is -2.54. The first-order valence-electron chi connectivity index (χ1n) is 26.3. The van der Waals surface area contributed by atoms with Crippen LogP contribution in [-0.2, 0) is 32.2 Å². The molecule has 4 aromatic heterocycles. The van der Waals surface area contributed by atoms with E-state index >= 15 is 0 Å². The van der Waals surface area contributed by atoms with Gasteiger partial charge in [0.05, 0.1) is 46.8 Å². The highest BCUT2D eigenvalue weighted by atomic mass is 16.5. The number of para-hydroxylation sites is 2. The van der Waals surface area contributed by atoms with Crippen molar-refractivity contribution in [2.24, 2.45) is 5.92 Å². The second-order valence-electron chi connectivity index (χ2n) is 19.8. The number of nitrogens with zero attached hydrogens (tertiary/aromatic N) is 11. The monoisotopic (exact) mass is 1040 g/mol. The zero-order chi connectivity index (χ0) is 53.3. The molecule has 0 bridgehead atoms. The molecule has 0 aliphatic carbocycles. The van der Waals surface area contributed by atoms with Gasteiger partial charge in [-0.15, -0.1) is 0 Å². The van der Waals surface area contributed by atoms with E-state index < -0.39 is 5.97 Å². The van der Waals surface area contributed by atoms with Crippen molar-refractivity contribution in [1.29, 1.82) is 0 Å². The van der Waals surface area contributed by atoms with E-state index in [0.29, 0.717) is 24.6 Å². The molecule has 4 aromatic carbocycles. The van der Waals surface area contributed by atoms with E-state index in [0.717, 1.165) is 145 Å². The number of carbonyl (C=O) groups is 3. The number of carbonyl (C=O) groups excluding carboxylic acids is 2. The molecule has 1 N–H and O–H groups in total. The Balaban J connectivity index is 0.000000178. The molecule has 3 fully saturated rings. The number of benzene rings is 4. The van der Waals surface area contributed by atoms with Crippen LogP contribution in [-0.4, -0.2) is 153 Å². The number of anilines is 2. The minimum atomic E-state index is -0.992. The zero-order valence-electron chi connectivity index (χ0n) is 43.9. The van der Waals surface area contributed by atoms with Crippen molar-refractivity contribution in [3.8, 4) is 22.9 Å². The molecule has 0 saturated carbocycles. The van der Waals surface area contributed by atoms with Crippen molar-refractivity contribution in [3.05, 3.63) is 156 Å². The SMILES string of the molecule is COC(=O)C1CN(C(=O)COc2c(C)cc3cccnc3c2N2CCCN(Cc3ccn(-c4ccccc4)n3)CC2)C1.Cc1cc2cccnc2c(N2CCCN(Cc3ccn(-c4ccccc4)n3)CC2)c1OCC(=O)O. The summed E-state index contributed by atoms with van der Waals surface area (Å²) < 4.78 is 20.7. The van der Waals surface area contributed by atoms with Crippen molar-refractivity contribution in [3.63, 3.8) is 0 Å². The Morgan fingerprint density at radius 1 is 0.584 bits per heavy atom. The van der Waals surface area contributed by atoms with Crippen LogP contribution in [0.3, 0.4) is 0 Å². The Kier molecular flexibility index (Phi) is 16.3. The van der Waals surface area contributed by atoms with E-state index in [1.807, 2.05) is 108 Å². The van der Waals surface area contributed by atoms with Gasteiger partial charge in [-0.2, -0.15) is 10.2 Å². The average molecular weight is 1040 g/mol. The summed E-state index contributed by atoms with van der Waals surface area (Å²) in [5.74, 6) is -0.373. The van der Waals surface area contributed by atoms with E-state index in [-0.39, 0.29) is 31.0 Å². The van der Waals surface area contributed by atoms with Crippen LogP contribution in [0.5, 0.6) is 11.5 Å². The molecule has 11 rings (SSSR count). The summed E-state index contributed by atoms with van der Waals surface area (Å²) in [7, 11) is 1.37. The first-order chi connectivity index (χ1) is 37.6. The van der Waals surface area contributed by atoms with Crippen LogP contribution < -0.4 is 19.3 Å². The summed E-state index contributed by atoms with van der Waals surface area (Å²) in [6, 6.07) is 36.5. The summed E-state index contributed by atoms with van der Waals surface area (Å²) in [4.78, 5) is 56.4. The number of likely N-dealkylation sites (tertiary alicyclic amines) is 1. The highest BCUT2D eigenvalue weighted by Gasteiger charge is 2.37. The molecule has 0 unspecified atom stereocenters. The number of esters is 1. The molecule has 0 spiro atoms. The third kappa shape index (κ3) is 12.4. The Morgan fingerprint density at radius 3 is 1.53 bits per heavy atom. The van der Waals surface area contributed by atoms with Crippen molar-refractivity contribution in [2.75, 3.05) is 95.6 Å². The fourth-order valence-electron chi connectivity index (χ4n) is 10.5. The number of aliphatic carboxylic acids is 1. The van der Waals surface area contributed by atoms with Crippen LogP contribution >= 0.6 is 0 Å². The second-order valence-corrected chi connectivity index (χ2v) is 19.8. The fraction of sp³-hybridized carbons (Fsp3) is 0.339. The van der Waals surface area contributed by atoms with Gasteiger partial charge in [0.15, 0.2) is 13.2 Å². The van der Waals surface area contributed by atoms with E-state index in [1.54, 1.807) is 17.3 Å². The lowest BCUT2D eigenvalue weighted by Gasteiger charge is -2.37. The number of carboxylic acids is 1. The Morgan fingerprint density at radius 2 is 1.06 bits per heavy atom. The zero-order valence-corrected chi connectivity index (χ0v) is 43.9. The first kappa shape index (κ1) is 52.1. The summed E-state index contributed by atoms with van der Waals surface area (Å²) in [6.45, 7) is 12.7. The van der Waals surface area contributed by atoms with Gasteiger partial charge in [-0.3, -0.25) is 29.4 Å². The highest BCUT2D eigenvalue weighted by Crippen LogP contribution is 2.41. The van der Waals surface area contributed by atoms with Crippen molar-refractivity contribution < 1.29 is 33.7 Å². The third-order valence-corrected chi connectivity index (χ3v) is 14.4. The van der Waals surface area contributed by atoms with Gasteiger partial charge in [0, 0.05) is 114 Å². The standard InChI is InChI=1S/C32H36N6O4.C27H29N5O3/c1-23-18-24-8-6-12-33-29(24)30(31(23)42-22-28(39)37-19-25(20-37)32(40)41-2)36-14-7-13-35(16-17-36)21-26-11-15-38(34-26)27-9-4-3-5-10-27;1-20-17-21-7-5-11-28-25(21)26(27(20)35-19-24(33)34)31-13-6-12-30(15-16-31)18-22-10-14-32(29-22)23-8-3-2-4-9-23/h3-6,8-12,15,18,25H,7,13-14,16-17,19-22H2,1-2H3;2-5,7-11,14,17H,6,12-13,15-16,18-19H2,1H3,(H,33,34). The molecule has 18 heteroatoms. The quantitative estimate of drug-likeness (QED) is 0.101. The minimum absolute atomic E-state index is 0.0931. The molecule has 8 aromatic rings. The van der Waals surface area contributed by atoms with E-state index in [1.165, 1.54) is 7.11 Å². The fourth-order valence-corrected chi connectivity index (χ4v) is 10.5. The topological polar surface area (TPSA) is 177 Å². The Bertz CT molecular complexity index is 3330. The van der Waals surface area contributed by atoms with Gasteiger partial charge >= 0.3 is 11.9 Å². The number of fused-ring (bicyclic) bond motifs is 2. The lowest BCUT2D eigenvalue weighted by atomic mass is 10.0. The van der Waals surface area contributed by atoms with Gasteiger partial charge in [0.25, 0.3) is 5.91 Å². The number of aromatic nitrogens is 6. The number of amides is 1. The largest absolute Gasteiger partial charge is 0.481 e. The number of pyridine rings is 2. The Labute approximate surface area is 448 Å². The van der Waals surface area contributed by atoms with Gasteiger partial charge in [0.2, 0.25) is 0 Å². The number of methoxy groups -OCH3 is 1. The minimum Gasteiger partial charge on any atom is -0.481 e. The van der Waals surface area contributed by atoms with Crippen molar-refractivity contribution in [2.45, 2.75) is 39.8 Å². The molecule has 0 atom stereocenters. The van der Waals surface area contributed by atoms with Gasteiger partial charge in [-0.1, -0.05) is 48.5 Å². The molecule has 77 heavy (non-hydrogen) atoms. The Hall–Kier alpha value is -8.35. The van der Waals surface area contributed by atoms with Crippen LogP contribution in [0.15, 0.2) is 134 Å². The number of hydrogen-bond acceptors (Lipinski definition) is 14. The van der Waals surface area contributed by atoms with Crippen molar-refractivity contribution in [1.82, 2.24) is 44.2 Å². The number of ether oxygens (including phenoxy) is 3. The van der Waals surface area contributed by atoms with Gasteiger partial charge in [-0.25, -0.2) is 14.2 Å². The predicted octanol–water partition coefficient (Wildman–Crippen LogP) is 7.36. The molecule has 7 heterocycles. The lowest BCUT2D eigenvalue weighted by molar-refractivity contribution is -0.156. The van der Waals surface area contributed by atoms with Gasteiger partial charge in [0.1, 0.15) is 22.9 Å². The van der Waals surface area contributed by atoms with Gasteiger partial charge < -0.3 is 34.0 Å². The molecule has 3 saturated heterocycles. The number of carboxylic acid groups (broad SMARTS) is 1. The second kappa shape index (κ2) is 24.1. The molecular weight excluding hydrogens is 975 g/mol. The summed E-state index contributed by atoms with van der Waals surface area (Å²) in [6.07, 6.45) is 9.54. The van der Waals surface area contributed by atoms with Crippen LogP contribution in [0.1, 0.15) is 35.4 Å². The summed E-state index contributed by atoms with van der Waals surface area (Å²) in [5, 5.41) is 20.8. The number of rotatable bonds is 15. The van der Waals surface area contributed by atoms with Crippen LogP contribution in [0.4, 0.5) is 11.4 Å². The van der Waals surface area contributed by atoms with E-state index in [4.69, 9.17) is 29.4 Å². The highest BCUT2D eigenvalue weighted by molar-refractivity contribution is 5.97. The maximum atomic E-state index is 12.9. The first-order valence-corrected chi connectivity index (χ1v) is 26.3. The predicted molar refractivity (Wildman–Crippen MR) is 295 cm³/mol. The van der Waals surface area contributed by atoms with Crippen LogP contribution in [0.25, 0.3) is 33.2 Å². The molecule has 0 radical (unpaired) electrons. The summed E-state index contributed by atoms with van der Waals surface area (Å²) >= 11 is 0. The van der Waals surface area contributed by atoms with E-state index in [9.17, 15) is 19.5 Å². The normalized spacial score (nSPS) is 15.5. The molecule has 18 nitrogen and oxygen atoms in total. The average Bonchev–Trinajstić information content (AvgIpc) is 3.98. The molecule has 3 aliphatic rings. The van der Waals surface area contributed by atoms with Gasteiger partial charge in [-0.05, 0) is 98.5 Å². The molecule has 3 aliphatic heterocycles. The maximum absolute atomic E-state index is 12.9. The molecular formula is C59H65N11O7. The van der Waals surface area contributed by atoms with E-state index in [2.05, 4.69) is 61.0 Å². The molecule has 1 amide bonds. The van der Waals surface area contributed by atoms with Crippen LogP contribution in [0.2, 0.25) is 0 Å². The summed E-state index contributed by atoms with van der Waals surface area (Å²) in [5.41, 5.74) is 9.58. The number of hydrogen-bond donors (Lipinski definition) is 1. The molecule has 398 valence electrons.